The molecule has 0 radical (unpaired) electrons. The van der Waals surface area contributed by atoms with E-state index >= 15 is 0 Å². The fraction of sp³-hybridized carbons (Fsp3) is 0.818. The molecule has 1 fully saturated rings. The van der Waals surface area contributed by atoms with Gasteiger partial charge in [-0.25, -0.2) is 0 Å². The highest BCUT2D eigenvalue weighted by Gasteiger charge is 2.30. The fourth-order valence-electron chi connectivity index (χ4n) is 1.80. The fourth-order valence-corrected chi connectivity index (χ4v) is 1.94. The quantitative estimate of drug-likeness (QED) is 0.562. The van der Waals surface area contributed by atoms with Gasteiger partial charge >= 0.3 is 0 Å². The summed E-state index contributed by atoms with van der Waals surface area (Å²) in [4.78, 5) is 4.94. The highest BCUT2D eigenvalue weighted by atomic mass is 32.1. The van der Waals surface area contributed by atoms with Gasteiger partial charge in [0.15, 0.2) is 0 Å². The molecule has 1 aliphatic rings. The van der Waals surface area contributed by atoms with Crippen molar-refractivity contribution in [3.63, 3.8) is 0 Å². The first kappa shape index (κ1) is 12.1. The van der Waals surface area contributed by atoms with Crippen LogP contribution in [0.2, 0.25) is 0 Å². The van der Waals surface area contributed by atoms with Crippen LogP contribution < -0.4 is 0 Å². The molecule has 0 spiro atoms. The summed E-state index contributed by atoms with van der Waals surface area (Å²) in [5, 5.41) is 0. The Hall–Kier alpha value is 0.01000. The van der Waals surface area contributed by atoms with Crippen LogP contribution in [0.5, 0.6) is 0 Å². The molecule has 1 saturated heterocycles. The summed E-state index contributed by atoms with van der Waals surface area (Å²) < 4.78 is 0. The molecule has 0 aromatic carbocycles. The summed E-state index contributed by atoms with van der Waals surface area (Å²) in [7, 11) is 2.21. The number of rotatable bonds is 3. The van der Waals surface area contributed by atoms with Gasteiger partial charge in [-0.05, 0) is 20.9 Å². The Balaban J connectivity index is 2.39. The Kier molecular flexibility index (Phi) is 4.48. The molecule has 0 aliphatic carbocycles. The maximum atomic E-state index is 4.15. The van der Waals surface area contributed by atoms with E-state index < -0.39 is 0 Å². The topological polar surface area (TPSA) is 6.48 Å². The first-order valence-electron chi connectivity index (χ1n) is 5.26. The van der Waals surface area contributed by atoms with Gasteiger partial charge in [0.25, 0.3) is 0 Å². The zero-order valence-corrected chi connectivity index (χ0v) is 10.4. The average molecular weight is 214 g/mol. The molecule has 1 heterocycles. The van der Waals surface area contributed by atoms with Gasteiger partial charge in [-0.2, -0.15) is 12.6 Å². The maximum absolute atomic E-state index is 4.15. The monoisotopic (exact) mass is 214 g/mol. The van der Waals surface area contributed by atoms with Crippen molar-refractivity contribution in [3.8, 4) is 0 Å². The van der Waals surface area contributed by atoms with Gasteiger partial charge in [0.05, 0.1) is 0 Å². The van der Waals surface area contributed by atoms with Crippen LogP contribution in [0.15, 0.2) is 12.2 Å². The third-order valence-corrected chi connectivity index (χ3v) is 3.24. The largest absolute Gasteiger partial charge is 0.299 e. The van der Waals surface area contributed by atoms with Gasteiger partial charge in [-0.15, -0.1) is 0 Å². The highest BCUT2D eigenvalue weighted by Crippen LogP contribution is 2.18. The molecule has 0 aromatic rings. The first-order chi connectivity index (χ1) is 6.56. The van der Waals surface area contributed by atoms with Crippen LogP contribution >= 0.6 is 12.6 Å². The minimum Gasteiger partial charge on any atom is -0.299 e. The molecule has 0 N–H and O–H groups in total. The summed E-state index contributed by atoms with van der Waals surface area (Å²) in [6, 6.07) is 0. The van der Waals surface area contributed by atoms with Crippen molar-refractivity contribution in [2.75, 3.05) is 39.0 Å². The second-order valence-electron chi connectivity index (χ2n) is 4.62. The molecule has 0 atom stereocenters. The van der Waals surface area contributed by atoms with Crippen molar-refractivity contribution >= 4 is 12.6 Å². The summed E-state index contributed by atoms with van der Waals surface area (Å²) in [5.41, 5.74) is 0.313. The average Bonchev–Trinajstić information content (AvgIpc) is 2.11. The van der Waals surface area contributed by atoms with Crippen LogP contribution in [0.4, 0.5) is 0 Å². The van der Waals surface area contributed by atoms with Gasteiger partial charge in [0.1, 0.15) is 0 Å². The van der Waals surface area contributed by atoms with Crippen LogP contribution in [0.1, 0.15) is 13.8 Å². The molecule has 14 heavy (non-hydrogen) atoms. The SMILES string of the molecule is CN1CCN(CC=CCS)CC1(C)C. The number of nitrogens with zero attached hydrogens (tertiary/aromatic N) is 2. The van der Waals surface area contributed by atoms with Crippen LogP contribution in [-0.2, 0) is 0 Å². The minimum absolute atomic E-state index is 0.313. The van der Waals surface area contributed by atoms with Gasteiger partial charge in [0, 0.05) is 37.5 Å². The van der Waals surface area contributed by atoms with Crippen LogP contribution in [0.3, 0.4) is 0 Å². The zero-order chi connectivity index (χ0) is 10.6. The zero-order valence-electron chi connectivity index (χ0n) is 9.53. The molecule has 1 rings (SSSR count). The molecule has 0 amide bonds. The smallest absolute Gasteiger partial charge is 0.0277 e. The Bertz CT molecular complexity index is 201. The molecule has 0 saturated carbocycles. The van der Waals surface area contributed by atoms with Gasteiger partial charge in [0.2, 0.25) is 0 Å². The summed E-state index contributed by atoms with van der Waals surface area (Å²) in [6.45, 7) is 9.18. The molecular weight excluding hydrogens is 192 g/mol. The second kappa shape index (κ2) is 5.19. The van der Waals surface area contributed by atoms with Crippen molar-refractivity contribution in [1.82, 2.24) is 9.80 Å². The van der Waals surface area contributed by atoms with E-state index in [1.807, 2.05) is 0 Å². The standard InChI is InChI=1S/C11H22N2S/c1-11(2)10-13(6-4-5-9-14)8-7-12(11)3/h4-5,14H,6-10H2,1-3H3. The van der Waals surface area contributed by atoms with E-state index in [9.17, 15) is 0 Å². The van der Waals surface area contributed by atoms with Crippen molar-refractivity contribution in [3.05, 3.63) is 12.2 Å². The van der Waals surface area contributed by atoms with Crippen molar-refractivity contribution < 1.29 is 0 Å². The lowest BCUT2D eigenvalue weighted by Gasteiger charge is -2.45. The van der Waals surface area contributed by atoms with Gasteiger partial charge in [-0.1, -0.05) is 12.2 Å². The summed E-state index contributed by atoms with van der Waals surface area (Å²) in [5.74, 6) is 0.844. The minimum atomic E-state index is 0.313. The number of piperazine rings is 1. The normalized spacial score (nSPS) is 24.6. The highest BCUT2D eigenvalue weighted by molar-refractivity contribution is 7.80. The predicted molar refractivity (Wildman–Crippen MR) is 66.1 cm³/mol. The van der Waals surface area contributed by atoms with E-state index in [-0.39, 0.29) is 0 Å². The predicted octanol–water partition coefficient (Wildman–Crippen LogP) is 1.50. The molecule has 0 aromatic heterocycles. The lowest BCUT2D eigenvalue weighted by atomic mass is 10.00. The molecular formula is C11H22N2S. The van der Waals surface area contributed by atoms with E-state index in [0.29, 0.717) is 5.54 Å². The Morgan fingerprint density at radius 1 is 1.29 bits per heavy atom. The van der Waals surface area contributed by atoms with Crippen LogP contribution in [0.25, 0.3) is 0 Å². The lowest BCUT2D eigenvalue weighted by Crippen LogP contribution is -2.57. The van der Waals surface area contributed by atoms with Crippen LogP contribution in [0, 0.1) is 0 Å². The lowest BCUT2D eigenvalue weighted by molar-refractivity contribution is 0.0463. The Morgan fingerprint density at radius 2 is 2.00 bits per heavy atom. The molecule has 82 valence electrons. The van der Waals surface area contributed by atoms with Crippen molar-refractivity contribution in [1.29, 1.82) is 0 Å². The van der Waals surface area contributed by atoms with E-state index in [1.165, 1.54) is 13.1 Å². The molecule has 3 heteroatoms. The molecule has 0 bridgehead atoms. The molecule has 2 nitrogen and oxygen atoms in total. The van der Waals surface area contributed by atoms with E-state index in [4.69, 9.17) is 0 Å². The van der Waals surface area contributed by atoms with E-state index in [0.717, 1.165) is 18.8 Å². The number of thiol groups is 1. The Labute approximate surface area is 93.4 Å². The summed E-state index contributed by atoms with van der Waals surface area (Å²) >= 11 is 4.15. The van der Waals surface area contributed by atoms with Crippen LogP contribution in [-0.4, -0.2) is 54.3 Å². The number of hydrogen-bond donors (Lipinski definition) is 1. The summed E-state index contributed by atoms with van der Waals surface area (Å²) in [6.07, 6.45) is 4.34. The molecule has 1 aliphatic heterocycles. The number of hydrogen-bond acceptors (Lipinski definition) is 3. The van der Waals surface area contributed by atoms with E-state index in [2.05, 4.69) is 55.5 Å². The number of likely N-dealkylation sites (N-methyl/N-ethyl adjacent to an activating group) is 1. The third-order valence-electron chi connectivity index (χ3n) is 3.03. The first-order valence-corrected chi connectivity index (χ1v) is 5.89. The Morgan fingerprint density at radius 3 is 2.57 bits per heavy atom. The van der Waals surface area contributed by atoms with Gasteiger partial charge < -0.3 is 0 Å². The molecule has 0 unspecified atom stereocenters. The van der Waals surface area contributed by atoms with Gasteiger partial charge in [-0.3, -0.25) is 9.80 Å². The van der Waals surface area contributed by atoms with E-state index in [1.54, 1.807) is 0 Å². The maximum Gasteiger partial charge on any atom is 0.0277 e. The second-order valence-corrected chi connectivity index (χ2v) is 4.99. The third kappa shape index (κ3) is 3.30. The van der Waals surface area contributed by atoms with Crippen molar-refractivity contribution in [2.24, 2.45) is 0 Å². The van der Waals surface area contributed by atoms with Crippen molar-refractivity contribution in [2.45, 2.75) is 19.4 Å².